The summed E-state index contributed by atoms with van der Waals surface area (Å²) in [6.45, 7) is 17.9. The molecule has 3 saturated heterocycles. The van der Waals surface area contributed by atoms with Crippen LogP contribution in [0.25, 0.3) is 0 Å². The Labute approximate surface area is 238 Å². The van der Waals surface area contributed by atoms with E-state index in [1.54, 1.807) is 26.9 Å². The molecule has 6 atom stereocenters. The van der Waals surface area contributed by atoms with Gasteiger partial charge in [0.2, 0.25) is 17.7 Å². The van der Waals surface area contributed by atoms with Crippen molar-refractivity contribution < 1.29 is 24.2 Å². The Morgan fingerprint density at radius 2 is 1.80 bits per heavy atom. The largest absolute Gasteiger partial charge is 0.394 e. The molecule has 8 heteroatoms. The number of carbonyl (C=O) groups is 3. The molecule has 3 aliphatic rings. The van der Waals surface area contributed by atoms with Crippen LogP contribution in [0.4, 0.5) is 5.69 Å². The summed E-state index contributed by atoms with van der Waals surface area (Å²) in [5, 5.41) is 10.5. The van der Waals surface area contributed by atoms with E-state index in [2.05, 4.69) is 13.2 Å². The highest BCUT2D eigenvalue weighted by Crippen LogP contribution is 2.59. The van der Waals surface area contributed by atoms with Crippen LogP contribution in [-0.2, 0) is 19.1 Å². The van der Waals surface area contributed by atoms with E-state index in [1.807, 2.05) is 65.0 Å². The maximum absolute atomic E-state index is 14.5. The lowest BCUT2D eigenvalue weighted by Crippen LogP contribution is -2.61. The zero-order valence-electron chi connectivity index (χ0n) is 24.6. The predicted molar refractivity (Wildman–Crippen MR) is 155 cm³/mol. The number of anilines is 1. The minimum atomic E-state index is -1.13. The van der Waals surface area contributed by atoms with Crippen molar-refractivity contribution >= 4 is 23.4 Å². The van der Waals surface area contributed by atoms with Crippen LogP contribution in [0.2, 0.25) is 0 Å². The summed E-state index contributed by atoms with van der Waals surface area (Å²) < 4.78 is 6.67. The van der Waals surface area contributed by atoms with E-state index < -0.39 is 41.2 Å². The average molecular weight is 552 g/mol. The number of aliphatic hydroxyl groups is 1. The molecule has 1 spiro atoms. The van der Waals surface area contributed by atoms with Gasteiger partial charge in [0.1, 0.15) is 11.6 Å². The molecule has 40 heavy (non-hydrogen) atoms. The van der Waals surface area contributed by atoms with Crippen molar-refractivity contribution in [3.63, 3.8) is 0 Å². The van der Waals surface area contributed by atoms with Crippen LogP contribution < -0.4 is 4.90 Å². The Morgan fingerprint density at radius 3 is 2.35 bits per heavy atom. The molecule has 3 aliphatic heterocycles. The van der Waals surface area contributed by atoms with Gasteiger partial charge >= 0.3 is 0 Å². The van der Waals surface area contributed by atoms with Gasteiger partial charge in [-0.2, -0.15) is 0 Å². The van der Waals surface area contributed by atoms with E-state index in [0.717, 1.165) is 5.69 Å². The van der Waals surface area contributed by atoms with Crippen molar-refractivity contribution in [3.8, 4) is 0 Å². The number of fused-ring (bicyclic) bond motifs is 1. The fourth-order valence-corrected chi connectivity index (χ4v) is 7.08. The average Bonchev–Trinajstić information content (AvgIpc) is 3.55. The molecule has 1 aromatic rings. The minimum absolute atomic E-state index is 0.182. The SMILES string of the molecule is C=CCN(C(=O)[C@@H]1[C@H]2C(=O)N([C@@H](CO)CC(C)C)C(C(=O)N(CC=C)C(C)(C)C)C23CC[C@H]1O3)c1ccccc1. The van der Waals surface area contributed by atoms with Gasteiger partial charge in [0.05, 0.1) is 30.6 Å². The number of amides is 3. The summed E-state index contributed by atoms with van der Waals surface area (Å²) in [6, 6.07) is 7.84. The number of carbonyl (C=O) groups excluding carboxylic acids is 3. The van der Waals surface area contributed by atoms with Crippen LogP contribution in [0.15, 0.2) is 55.6 Å². The Kier molecular flexibility index (Phi) is 8.62. The fourth-order valence-electron chi connectivity index (χ4n) is 7.08. The molecule has 2 bridgehead atoms. The summed E-state index contributed by atoms with van der Waals surface area (Å²) in [7, 11) is 0. The molecule has 1 aromatic carbocycles. The summed E-state index contributed by atoms with van der Waals surface area (Å²) in [5.74, 6) is -2.07. The smallest absolute Gasteiger partial charge is 0.249 e. The quantitative estimate of drug-likeness (QED) is 0.423. The van der Waals surface area contributed by atoms with Crippen molar-refractivity contribution in [2.75, 3.05) is 24.6 Å². The Bertz CT molecular complexity index is 1130. The normalized spacial score (nSPS) is 28.0. The molecule has 2 unspecified atom stereocenters. The number of nitrogens with zero attached hydrogens (tertiary/aromatic N) is 3. The topological polar surface area (TPSA) is 90.4 Å². The van der Waals surface area contributed by atoms with Crippen LogP contribution in [0, 0.1) is 17.8 Å². The van der Waals surface area contributed by atoms with Gasteiger partial charge in [-0.05, 0) is 58.1 Å². The molecule has 3 fully saturated rings. The maximum Gasteiger partial charge on any atom is 0.249 e. The van der Waals surface area contributed by atoms with E-state index in [9.17, 15) is 19.5 Å². The molecule has 8 nitrogen and oxygen atoms in total. The standard InChI is InChI=1S/C32H45N3O5/c1-8-17-33(22-13-11-10-12-14-22)28(37)25-24-15-16-32(40-24)26(25)29(38)35(23(20-36)19-21(3)4)27(32)30(39)34(18-9-2)31(5,6)7/h8-14,21,23-27,36H,1-2,15-20H2,3-7H3/t23-,24-,25+,26+,27?,32?/m1/s1. The van der Waals surface area contributed by atoms with Gasteiger partial charge < -0.3 is 24.5 Å². The number of likely N-dealkylation sites (tertiary alicyclic amines) is 1. The first kappa shape index (κ1) is 30.0. The summed E-state index contributed by atoms with van der Waals surface area (Å²) in [6.07, 6.45) is 4.51. The van der Waals surface area contributed by atoms with E-state index >= 15 is 0 Å². The monoisotopic (exact) mass is 551 g/mol. The lowest BCUT2D eigenvalue weighted by atomic mass is 9.70. The van der Waals surface area contributed by atoms with Crippen LogP contribution in [0.3, 0.4) is 0 Å². The molecule has 0 aromatic heterocycles. The van der Waals surface area contributed by atoms with Crippen LogP contribution in [0.1, 0.15) is 53.9 Å². The highest BCUT2D eigenvalue weighted by Gasteiger charge is 2.75. The van der Waals surface area contributed by atoms with Gasteiger partial charge in [-0.15, -0.1) is 13.2 Å². The summed E-state index contributed by atoms with van der Waals surface area (Å²) in [5.41, 5.74) is -0.955. The number of benzene rings is 1. The number of hydrogen-bond acceptors (Lipinski definition) is 5. The molecule has 0 saturated carbocycles. The van der Waals surface area contributed by atoms with Crippen molar-refractivity contribution in [2.45, 2.75) is 83.2 Å². The second kappa shape index (κ2) is 11.5. The van der Waals surface area contributed by atoms with Crippen LogP contribution in [0.5, 0.6) is 0 Å². The predicted octanol–water partition coefficient (Wildman–Crippen LogP) is 3.80. The molecular formula is C32H45N3O5. The molecule has 1 N–H and O–H groups in total. The van der Waals surface area contributed by atoms with Crippen molar-refractivity contribution in [1.29, 1.82) is 0 Å². The van der Waals surface area contributed by atoms with Gasteiger partial charge in [0.15, 0.2) is 0 Å². The van der Waals surface area contributed by atoms with E-state index in [0.29, 0.717) is 25.8 Å². The summed E-state index contributed by atoms with van der Waals surface area (Å²) >= 11 is 0. The first-order valence-electron chi connectivity index (χ1n) is 14.4. The molecule has 0 radical (unpaired) electrons. The Hall–Kier alpha value is -2.97. The van der Waals surface area contributed by atoms with Crippen molar-refractivity contribution in [1.82, 2.24) is 9.80 Å². The second-order valence-corrected chi connectivity index (χ2v) is 12.7. The lowest BCUT2D eigenvalue weighted by Gasteiger charge is -2.43. The molecular weight excluding hydrogens is 506 g/mol. The highest BCUT2D eigenvalue weighted by atomic mass is 16.5. The van der Waals surface area contributed by atoms with Gasteiger partial charge in [0, 0.05) is 24.3 Å². The van der Waals surface area contributed by atoms with Gasteiger partial charge in [-0.1, -0.05) is 44.2 Å². The van der Waals surface area contributed by atoms with Crippen molar-refractivity contribution in [3.05, 3.63) is 55.6 Å². The second-order valence-electron chi connectivity index (χ2n) is 12.7. The molecule has 4 rings (SSSR count). The zero-order valence-corrected chi connectivity index (χ0v) is 24.6. The van der Waals surface area contributed by atoms with Crippen LogP contribution in [-0.4, -0.2) is 81.7 Å². The third-order valence-corrected chi connectivity index (χ3v) is 8.64. The van der Waals surface area contributed by atoms with Crippen LogP contribution >= 0.6 is 0 Å². The number of ether oxygens (including phenoxy) is 1. The molecule has 3 amide bonds. The number of para-hydroxylation sites is 1. The van der Waals surface area contributed by atoms with Crippen molar-refractivity contribution in [2.24, 2.45) is 17.8 Å². The maximum atomic E-state index is 14.5. The fraction of sp³-hybridized carbons (Fsp3) is 0.594. The highest BCUT2D eigenvalue weighted by molar-refractivity contribution is 6.03. The molecule has 0 aliphatic carbocycles. The summed E-state index contributed by atoms with van der Waals surface area (Å²) in [4.78, 5) is 48.2. The molecule has 3 heterocycles. The van der Waals surface area contributed by atoms with E-state index in [4.69, 9.17) is 4.74 Å². The van der Waals surface area contributed by atoms with Gasteiger partial charge in [0.25, 0.3) is 0 Å². The minimum Gasteiger partial charge on any atom is -0.394 e. The third kappa shape index (κ3) is 5.00. The van der Waals surface area contributed by atoms with E-state index in [-0.39, 0.29) is 36.8 Å². The molecule has 218 valence electrons. The number of hydrogen-bond donors (Lipinski definition) is 1. The van der Waals surface area contributed by atoms with Gasteiger partial charge in [-0.25, -0.2) is 0 Å². The zero-order chi connectivity index (χ0) is 29.4. The lowest BCUT2D eigenvalue weighted by molar-refractivity contribution is -0.154. The van der Waals surface area contributed by atoms with Gasteiger partial charge in [-0.3, -0.25) is 14.4 Å². The Morgan fingerprint density at radius 1 is 1.15 bits per heavy atom. The first-order valence-corrected chi connectivity index (χ1v) is 14.4. The first-order chi connectivity index (χ1) is 18.9. The Balaban J connectivity index is 1.82. The van der Waals surface area contributed by atoms with E-state index in [1.165, 1.54) is 0 Å². The number of rotatable bonds is 11. The third-order valence-electron chi connectivity index (χ3n) is 8.64. The number of aliphatic hydroxyl groups excluding tert-OH is 1.